The SMILES string of the molecule is NCc1nc(-c2nc3cc(Cl)cc(Cl)c3o2)cs1. The predicted octanol–water partition coefficient (Wildman–Crippen LogP) is 3.72. The molecule has 4 nitrogen and oxygen atoms in total. The number of nitrogens with zero attached hydrogens (tertiary/aromatic N) is 2. The molecule has 0 fully saturated rings. The molecule has 0 aliphatic heterocycles. The Kier molecular flexibility index (Phi) is 2.99. The van der Waals surface area contributed by atoms with Crippen LogP contribution < -0.4 is 5.73 Å². The summed E-state index contributed by atoms with van der Waals surface area (Å²) in [4.78, 5) is 8.63. The Morgan fingerprint density at radius 1 is 1.28 bits per heavy atom. The predicted molar refractivity (Wildman–Crippen MR) is 73.0 cm³/mol. The van der Waals surface area contributed by atoms with Crippen LogP contribution in [0.3, 0.4) is 0 Å². The average molecular weight is 300 g/mol. The van der Waals surface area contributed by atoms with Crippen molar-refractivity contribution in [1.82, 2.24) is 9.97 Å². The van der Waals surface area contributed by atoms with Crippen molar-refractivity contribution in [2.24, 2.45) is 5.73 Å². The molecule has 0 amide bonds. The first kappa shape index (κ1) is 11.9. The van der Waals surface area contributed by atoms with Gasteiger partial charge in [0.1, 0.15) is 16.2 Å². The number of rotatable bonds is 2. The molecule has 0 aliphatic carbocycles. The molecule has 0 spiro atoms. The molecule has 0 atom stereocenters. The molecular weight excluding hydrogens is 293 g/mol. The molecule has 2 heterocycles. The number of fused-ring (bicyclic) bond motifs is 1. The molecule has 0 aliphatic rings. The van der Waals surface area contributed by atoms with Gasteiger partial charge in [0, 0.05) is 16.9 Å². The zero-order chi connectivity index (χ0) is 12.7. The lowest BCUT2D eigenvalue weighted by Gasteiger charge is -1.91. The summed E-state index contributed by atoms with van der Waals surface area (Å²) in [5.74, 6) is 0.421. The van der Waals surface area contributed by atoms with E-state index in [2.05, 4.69) is 9.97 Å². The van der Waals surface area contributed by atoms with Gasteiger partial charge in [0.15, 0.2) is 5.58 Å². The Bertz CT molecular complexity index is 722. The van der Waals surface area contributed by atoms with Crippen molar-refractivity contribution in [2.75, 3.05) is 0 Å². The van der Waals surface area contributed by atoms with Gasteiger partial charge in [-0.1, -0.05) is 23.2 Å². The van der Waals surface area contributed by atoms with Crippen LogP contribution in [0.5, 0.6) is 0 Å². The summed E-state index contributed by atoms with van der Waals surface area (Å²) in [6, 6.07) is 3.32. The fourth-order valence-corrected chi connectivity index (χ4v) is 2.74. The second-order valence-corrected chi connectivity index (χ2v) is 5.37. The molecule has 1 aromatic carbocycles. The van der Waals surface area contributed by atoms with Gasteiger partial charge in [-0.05, 0) is 12.1 Å². The van der Waals surface area contributed by atoms with Crippen LogP contribution in [0.25, 0.3) is 22.7 Å². The van der Waals surface area contributed by atoms with E-state index in [9.17, 15) is 0 Å². The minimum atomic E-state index is 0.400. The Morgan fingerprint density at radius 3 is 2.83 bits per heavy atom. The normalized spacial score (nSPS) is 11.3. The third-order valence-corrected chi connectivity index (χ3v) is 3.73. The third-order valence-electron chi connectivity index (χ3n) is 2.35. The largest absolute Gasteiger partial charge is 0.433 e. The highest BCUT2D eigenvalue weighted by molar-refractivity contribution is 7.09. The van der Waals surface area contributed by atoms with Crippen molar-refractivity contribution >= 4 is 45.6 Å². The Hall–Kier alpha value is -1.14. The number of benzene rings is 1. The summed E-state index contributed by atoms with van der Waals surface area (Å²) in [6.07, 6.45) is 0. The fourth-order valence-electron chi connectivity index (χ4n) is 1.57. The van der Waals surface area contributed by atoms with Crippen molar-refractivity contribution in [3.8, 4) is 11.6 Å². The molecule has 0 saturated heterocycles. The molecular formula is C11H7Cl2N3OS. The lowest BCUT2D eigenvalue weighted by Crippen LogP contribution is -1.94. The number of thiazole rings is 1. The molecule has 18 heavy (non-hydrogen) atoms. The average Bonchev–Trinajstić information content (AvgIpc) is 2.93. The molecule has 2 aromatic heterocycles. The number of aromatic nitrogens is 2. The van der Waals surface area contributed by atoms with Gasteiger partial charge in [0.25, 0.3) is 0 Å². The molecule has 3 aromatic rings. The molecule has 2 N–H and O–H groups in total. The summed E-state index contributed by atoms with van der Waals surface area (Å²) in [5, 5.41) is 3.64. The Labute approximate surface area is 116 Å². The van der Waals surface area contributed by atoms with E-state index >= 15 is 0 Å². The molecule has 0 radical (unpaired) electrons. The highest BCUT2D eigenvalue weighted by atomic mass is 35.5. The zero-order valence-electron chi connectivity index (χ0n) is 8.98. The maximum atomic E-state index is 6.04. The quantitative estimate of drug-likeness (QED) is 0.783. The van der Waals surface area contributed by atoms with E-state index in [1.54, 1.807) is 12.1 Å². The zero-order valence-corrected chi connectivity index (χ0v) is 11.3. The summed E-state index contributed by atoms with van der Waals surface area (Å²) in [5.41, 5.74) is 7.30. The summed E-state index contributed by atoms with van der Waals surface area (Å²) in [6.45, 7) is 0.400. The topological polar surface area (TPSA) is 64.9 Å². The van der Waals surface area contributed by atoms with Gasteiger partial charge < -0.3 is 10.2 Å². The monoisotopic (exact) mass is 299 g/mol. The van der Waals surface area contributed by atoms with Crippen LogP contribution in [0.2, 0.25) is 10.0 Å². The van der Waals surface area contributed by atoms with Gasteiger partial charge in [-0.15, -0.1) is 11.3 Å². The van der Waals surface area contributed by atoms with Gasteiger partial charge >= 0.3 is 0 Å². The van der Waals surface area contributed by atoms with Gasteiger partial charge in [-0.2, -0.15) is 0 Å². The summed E-state index contributed by atoms with van der Waals surface area (Å²) < 4.78 is 5.60. The number of hydrogen-bond acceptors (Lipinski definition) is 5. The van der Waals surface area contributed by atoms with Crippen LogP contribution in [0, 0.1) is 0 Å². The Balaban J connectivity index is 2.16. The van der Waals surface area contributed by atoms with E-state index in [0.29, 0.717) is 39.3 Å². The second kappa shape index (κ2) is 4.51. The minimum absolute atomic E-state index is 0.400. The lowest BCUT2D eigenvalue weighted by molar-refractivity contribution is 0.617. The number of oxazole rings is 1. The standard InChI is InChI=1S/C11H7Cl2N3OS/c12-5-1-6(13)10-7(2-5)16-11(17-10)8-4-18-9(3-14)15-8/h1-2,4H,3,14H2. The smallest absolute Gasteiger partial charge is 0.247 e. The first-order chi connectivity index (χ1) is 8.67. The van der Waals surface area contributed by atoms with Crippen molar-refractivity contribution < 1.29 is 4.42 Å². The lowest BCUT2D eigenvalue weighted by atomic mass is 10.3. The molecule has 0 saturated carbocycles. The van der Waals surface area contributed by atoms with Crippen LogP contribution in [0.4, 0.5) is 0 Å². The van der Waals surface area contributed by atoms with Crippen molar-refractivity contribution in [2.45, 2.75) is 6.54 Å². The summed E-state index contributed by atoms with van der Waals surface area (Å²) >= 11 is 13.4. The van der Waals surface area contributed by atoms with Crippen molar-refractivity contribution in [3.05, 3.63) is 32.6 Å². The maximum Gasteiger partial charge on any atom is 0.247 e. The van der Waals surface area contributed by atoms with Crippen LogP contribution >= 0.6 is 34.5 Å². The molecule has 92 valence electrons. The van der Waals surface area contributed by atoms with E-state index in [1.165, 1.54) is 11.3 Å². The molecule has 7 heteroatoms. The van der Waals surface area contributed by atoms with Crippen LogP contribution in [0.1, 0.15) is 5.01 Å². The van der Waals surface area contributed by atoms with Crippen molar-refractivity contribution in [1.29, 1.82) is 0 Å². The molecule has 0 bridgehead atoms. The number of halogens is 2. The maximum absolute atomic E-state index is 6.04. The minimum Gasteiger partial charge on any atom is -0.433 e. The van der Waals surface area contributed by atoms with Gasteiger partial charge in [-0.3, -0.25) is 0 Å². The van der Waals surface area contributed by atoms with Gasteiger partial charge in [0.05, 0.1) is 5.02 Å². The summed E-state index contributed by atoms with van der Waals surface area (Å²) in [7, 11) is 0. The van der Waals surface area contributed by atoms with E-state index < -0.39 is 0 Å². The van der Waals surface area contributed by atoms with Crippen molar-refractivity contribution in [3.63, 3.8) is 0 Å². The molecule has 0 unspecified atom stereocenters. The van der Waals surface area contributed by atoms with Crippen LogP contribution in [-0.4, -0.2) is 9.97 Å². The van der Waals surface area contributed by atoms with E-state index in [0.717, 1.165) is 5.01 Å². The van der Waals surface area contributed by atoms with Gasteiger partial charge in [0.2, 0.25) is 5.89 Å². The highest BCUT2D eigenvalue weighted by Gasteiger charge is 2.14. The number of hydrogen-bond donors (Lipinski definition) is 1. The van der Waals surface area contributed by atoms with Gasteiger partial charge in [-0.25, -0.2) is 9.97 Å². The fraction of sp³-hybridized carbons (Fsp3) is 0.0909. The highest BCUT2D eigenvalue weighted by Crippen LogP contribution is 2.32. The van der Waals surface area contributed by atoms with E-state index in [1.807, 2.05) is 5.38 Å². The van der Waals surface area contributed by atoms with Crippen LogP contribution in [0.15, 0.2) is 21.9 Å². The second-order valence-electron chi connectivity index (χ2n) is 3.59. The first-order valence-electron chi connectivity index (χ1n) is 5.08. The van der Waals surface area contributed by atoms with E-state index in [4.69, 9.17) is 33.4 Å². The third kappa shape index (κ3) is 1.99. The first-order valence-corrected chi connectivity index (χ1v) is 6.71. The molecule has 3 rings (SSSR count). The van der Waals surface area contributed by atoms with Crippen LogP contribution in [-0.2, 0) is 6.54 Å². The van der Waals surface area contributed by atoms with E-state index in [-0.39, 0.29) is 0 Å². The number of nitrogens with two attached hydrogens (primary N) is 1. The Morgan fingerprint density at radius 2 is 2.11 bits per heavy atom.